The molecule has 0 saturated heterocycles. The molecule has 0 aromatic carbocycles. The number of aliphatic hydroxyl groups excluding tert-OH is 1. The highest BCUT2D eigenvalue weighted by molar-refractivity contribution is 4.89. The van der Waals surface area contributed by atoms with Gasteiger partial charge in [-0.05, 0) is 87.4 Å². The Bertz CT molecular complexity index is 479. The second kappa shape index (κ2) is 10.4. The molecule has 0 aromatic heterocycles. The molecule has 0 radical (unpaired) electrons. The molecule has 4 aliphatic rings. The number of rotatable bonds is 6. The molecule has 0 bridgehead atoms. The Balaban J connectivity index is 1.12. The number of hydrogen-bond acceptors (Lipinski definition) is 2. The van der Waals surface area contributed by atoms with Gasteiger partial charge in [0.05, 0.1) is 12.2 Å². The fourth-order valence-corrected chi connectivity index (χ4v) is 6.94. The number of halogens is 2. The summed E-state index contributed by atoms with van der Waals surface area (Å²) in [6, 6.07) is 0. The van der Waals surface area contributed by atoms with Crippen LogP contribution < -0.4 is 0 Å². The van der Waals surface area contributed by atoms with E-state index in [-0.39, 0.29) is 0 Å². The average Bonchev–Trinajstić information content (AvgIpc) is 3.26. The van der Waals surface area contributed by atoms with Crippen molar-refractivity contribution >= 4 is 0 Å². The predicted octanol–water partition coefficient (Wildman–Crippen LogP) is 6.40. The molecule has 29 heavy (non-hydrogen) atoms. The molecule has 2 nitrogen and oxygen atoms in total. The van der Waals surface area contributed by atoms with Crippen molar-refractivity contribution in [2.75, 3.05) is 6.61 Å². The van der Waals surface area contributed by atoms with E-state index in [1.54, 1.807) is 0 Å². The third-order valence-corrected chi connectivity index (χ3v) is 8.91. The van der Waals surface area contributed by atoms with Crippen LogP contribution in [0.15, 0.2) is 0 Å². The van der Waals surface area contributed by atoms with Crippen LogP contribution >= 0.6 is 0 Å². The molecule has 4 fully saturated rings. The largest absolute Gasteiger partial charge is 0.390 e. The molecule has 4 rings (SSSR count). The van der Waals surface area contributed by atoms with Gasteiger partial charge in [-0.3, -0.25) is 0 Å². The average molecular weight is 413 g/mol. The topological polar surface area (TPSA) is 29.5 Å². The molecule has 4 unspecified atom stereocenters. The van der Waals surface area contributed by atoms with Gasteiger partial charge in [0.25, 0.3) is 0 Å². The highest BCUT2D eigenvalue weighted by atomic mass is 19.2. The first-order valence-electron chi connectivity index (χ1n) is 12.7. The van der Waals surface area contributed by atoms with Crippen molar-refractivity contribution in [2.24, 2.45) is 29.6 Å². The van der Waals surface area contributed by atoms with Gasteiger partial charge in [0.15, 0.2) is 12.3 Å². The lowest BCUT2D eigenvalue weighted by Gasteiger charge is -2.39. The zero-order valence-electron chi connectivity index (χ0n) is 18.1. The summed E-state index contributed by atoms with van der Waals surface area (Å²) in [7, 11) is 0. The van der Waals surface area contributed by atoms with Crippen molar-refractivity contribution in [3.8, 4) is 0 Å². The number of aliphatic hydroxyl groups is 1. The normalized spacial score (nSPS) is 44.8. The lowest BCUT2D eigenvalue weighted by Crippen LogP contribution is -2.46. The summed E-state index contributed by atoms with van der Waals surface area (Å²) in [6.07, 6.45) is 13.6. The molecule has 4 atom stereocenters. The fourth-order valence-electron chi connectivity index (χ4n) is 6.94. The summed E-state index contributed by atoms with van der Waals surface area (Å²) < 4.78 is 33.5. The van der Waals surface area contributed by atoms with E-state index in [2.05, 4.69) is 0 Å². The molecule has 4 heteroatoms. The molecular formula is C25H42F2O2. The highest BCUT2D eigenvalue weighted by Gasteiger charge is 2.40. The Morgan fingerprint density at radius 3 is 1.79 bits per heavy atom. The highest BCUT2D eigenvalue weighted by Crippen LogP contribution is 2.44. The minimum absolute atomic E-state index is 0.308. The van der Waals surface area contributed by atoms with Gasteiger partial charge < -0.3 is 9.84 Å². The fraction of sp³-hybridized carbons (Fsp3) is 1.00. The zero-order chi connectivity index (χ0) is 20.2. The summed E-state index contributed by atoms with van der Waals surface area (Å²) in [5, 5.41) is 9.45. The zero-order valence-corrected chi connectivity index (χ0v) is 18.1. The van der Waals surface area contributed by atoms with E-state index in [1.165, 1.54) is 83.5 Å². The van der Waals surface area contributed by atoms with Crippen LogP contribution in [0, 0.1) is 29.6 Å². The van der Waals surface area contributed by atoms with E-state index in [1.807, 2.05) is 0 Å². The van der Waals surface area contributed by atoms with E-state index in [9.17, 15) is 13.9 Å². The SMILES string of the molecule is OC1CCC(OCC2CCC(C3CCC(CC4CCCC4)CC3)CC2)C(F)C1F. The van der Waals surface area contributed by atoms with Gasteiger partial charge >= 0.3 is 0 Å². The van der Waals surface area contributed by atoms with Crippen molar-refractivity contribution in [1.82, 2.24) is 0 Å². The Labute approximate surface area is 176 Å². The monoisotopic (exact) mass is 412 g/mol. The van der Waals surface area contributed by atoms with Gasteiger partial charge in [0, 0.05) is 6.61 Å². The molecule has 4 aliphatic carbocycles. The van der Waals surface area contributed by atoms with Crippen LogP contribution in [0.25, 0.3) is 0 Å². The minimum atomic E-state index is -1.78. The van der Waals surface area contributed by atoms with E-state index in [0.29, 0.717) is 25.4 Å². The molecule has 168 valence electrons. The first kappa shape index (κ1) is 22.0. The smallest absolute Gasteiger partial charge is 0.160 e. The van der Waals surface area contributed by atoms with Crippen LogP contribution in [0.2, 0.25) is 0 Å². The van der Waals surface area contributed by atoms with E-state index >= 15 is 0 Å². The molecule has 4 saturated carbocycles. The predicted molar refractivity (Wildman–Crippen MR) is 112 cm³/mol. The van der Waals surface area contributed by atoms with Gasteiger partial charge in [0.2, 0.25) is 0 Å². The van der Waals surface area contributed by atoms with Crippen LogP contribution in [0.5, 0.6) is 0 Å². The molecule has 0 spiro atoms. The maximum absolute atomic E-state index is 14.1. The Hall–Kier alpha value is -0.220. The number of hydrogen-bond donors (Lipinski definition) is 1. The first-order valence-corrected chi connectivity index (χ1v) is 12.7. The summed E-state index contributed by atoms with van der Waals surface area (Å²) >= 11 is 0. The molecule has 0 aliphatic heterocycles. The lowest BCUT2D eigenvalue weighted by molar-refractivity contribution is -0.106. The van der Waals surface area contributed by atoms with Gasteiger partial charge in [-0.2, -0.15) is 0 Å². The van der Waals surface area contributed by atoms with Crippen LogP contribution in [0.4, 0.5) is 8.78 Å². The quantitative estimate of drug-likeness (QED) is 0.547. The third-order valence-electron chi connectivity index (χ3n) is 8.91. The van der Waals surface area contributed by atoms with Crippen LogP contribution in [0.1, 0.15) is 96.3 Å². The molecule has 0 aromatic rings. The standard InChI is InChI=1S/C25H42F2O2/c26-24-22(28)13-14-23(25(24)27)29-16-19-7-11-21(12-8-19)20-9-5-18(6-10-20)15-17-3-1-2-4-17/h17-25,28H,1-16H2. The van der Waals surface area contributed by atoms with Crippen LogP contribution in [-0.2, 0) is 4.74 Å². The van der Waals surface area contributed by atoms with Crippen molar-refractivity contribution in [3.05, 3.63) is 0 Å². The molecule has 0 heterocycles. The van der Waals surface area contributed by atoms with E-state index in [4.69, 9.17) is 4.74 Å². The van der Waals surface area contributed by atoms with Crippen LogP contribution in [-0.4, -0.2) is 36.3 Å². The van der Waals surface area contributed by atoms with Crippen molar-refractivity contribution < 1.29 is 18.6 Å². The molecule has 0 amide bonds. The number of alkyl halides is 2. The first-order chi connectivity index (χ1) is 14.1. The van der Waals surface area contributed by atoms with Gasteiger partial charge in [-0.15, -0.1) is 0 Å². The van der Waals surface area contributed by atoms with Gasteiger partial charge in [-0.1, -0.05) is 38.5 Å². The summed E-state index contributed by atoms with van der Waals surface area (Å²) in [5.41, 5.74) is 0. The van der Waals surface area contributed by atoms with E-state index in [0.717, 1.165) is 23.7 Å². The summed E-state index contributed by atoms with van der Waals surface area (Å²) in [6.45, 7) is 0.564. The second-order valence-electron chi connectivity index (χ2n) is 10.9. The Morgan fingerprint density at radius 1 is 0.621 bits per heavy atom. The Kier molecular flexibility index (Phi) is 7.88. The van der Waals surface area contributed by atoms with Crippen molar-refractivity contribution in [3.63, 3.8) is 0 Å². The maximum Gasteiger partial charge on any atom is 0.160 e. The summed E-state index contributed by atoms with van der Waals surface area (Å²) in [4.78, 5) is 0. The minimum Gasteiger partial charge on any atom is -0.390 e. The second-order valence-corrected chi connectivity index (χ2v) is 10.9. The van der Waals surface area contributed by atoms with Crippen molar-refractivity contribution in [1.29, 1.82) is 0 Å². The maximum atomic E-state index is 14.1. The van der Waals surface area contributed by atoms with Crippen molar-refractivity contribution in [2.45, 2.75) is 121 Å². The third kappa shape index (κ3) is 5.73. The van der Waals surface area contributed by atoms with Gasteiger partial charge in [-0.25, -0.2) is 8.78 Å². The Morgan fingerprint density at radius 2 is 1.17 bits per heavy atom. The summed E-state index contributed by atoms with van der Waals surface area (Å²) in [5.74, 6) is 4.35. The van der Waals surface area contributed by atoms with E-state index < -0.39 is 24.6 Å². The van der Waals surface area contributed by atoms with Gasteiger partial charge in [0.1, 0.15) is 0 Å². The van der Waals surface area contributed by atoms with Crippen LogP contribution in [0.3, 0.4) is 0 Å². The molecular weight excluding hydrogens is 370 g/mol. The lowest BCUT2D eigenvalue weighted by atomic mass is 9.68. The molecule has 1 N–H and O–H groups in total. The number of ether oxygens (including phenoxy) is 1.